The molecule has 0 radical (unpaired) electrons. The molecule has 0 aliphatic carbocycles. The molecule has 1 aliphatic rings. The lowest BCUT2D eigenvalue weighted by molar-refractivity contribution is -0.166. The van der Waals surface area contributed by atoms with Gasteiger partial charge in [-0.25, -0.2) is 0 Å². The van der Waals surface area contributed by atoms with Crippen LogP contribution in [0.2, 0.25) is 0 Å². The van der Waals surface area contributed by atoms with Crippen molar-refractivity contribution in [3.05, 3.63) is 28.7 Å². The van der Waals surface area contributed by atoms with E-state index in [1.165, 1.54) is 0 Å². The van der Waals surface area contributed by atoms with Crippen molar-refractivity contribution in [1.29, 1.82) is 0 Å². The molecule has 1 saturated heterocycles. The Morgan fingerprint density at radius 3 is 2.11 bits per heavy atom. The van der Waals surface area contributed by atoms with Crippen LogP contribution < -0.4 is 4.90 Å². The second-order valence-corrected chi connectivity index (χ2v) is 5.49. The molecule has 1 fully saturated rings. The van der Waals surface area contributed by atoms with E-state index < -0.39 is 17.4 Å². The first-order valence-corrected chi connectivity index (χ1v) is 6.73. The Kier molecular flexibility index (Phi) is 3.80. The average molecular weight is 328 g/mol. The number of hydrogen-bond donors (Lipinski definition) is 2. The van der Waals surface area contributed by atoms with Crippen LogP contribution >= 0.6 is 15.9 Å². The summed E-state index contributed by atoms with van der Waals surface area (Å²) in [6.45, 7) is 0.836. The lowest BCUT2D eigenvalue weighted by atomic mass is 9.78. The van der Waals surface area contributed by atoms with Gasteiger partial charge in [-0.2, -0.15) is 0 Å². The summed E-state index contributed by atoms with van der Waals surface area (Å²) in [6.07, 6.45) is 0.220. The van der Waals surface area contributed by atoms with Gasteiger partial charge in [-0.15, -0.1) is 0 Å². The number of rotatable bonds is 3. The van der Waals surface area contributed by atoms with E-state index in [0.29, 0.717) is 13.1 Å². The molecule has 0 saturated carbocycles. The highest BCUT2D eigenvalue weighted by molar-refractivity contribution is 9.10. The van der Waals surface area contributed by atoms with Crippen molar-refractivity contribution in [2.75, 3.05) is 18.0 Å². The molecule has 0 atom stereocenters. The van der Waals surface area contributed by atoms with Crippen LogP contribution in [0.25, 0.3) is 0 Å². The average Bonchev–Trinajstić information content (AvgIpc) is 2.39. The fourth-order valence-electron chi connectivity index (χ4n) is 2.36. The Morgan fingerprint density at radius 2 is 1.63 bits per heavy atom. The van der Waals surface area contributed by atoms with E-state index >= 15 is 0 Å². The predicted octanol–water partition coefficient (Wildman–Crippen LogP) is 2.20. The predicted molar refractivity (Wildman–Crippen MR) is 73.3 cm³/mol. The first-order valence-electron chi connectivity index (χ1n) is 5.93. The topological polar surface area (TPSA) is 77.8 Å². The van der Waals surface area contributed by atoms with Gasteiger partial charge in [-0.05, 0) is 40.9 Å². The molecule has 1 heterocycles. The molecule has 102 valence electrons. The third-order valence-electron chi connectivity index (χ3n) is 3.63. The van der Waals surface area contributed by atoms with Crippen molar-refractivity contribution in [2.24, 2.45) is 5.41 Å². The summed E-state index contributed by atoms with van der Waals surface area (Å²) in [5.74, 6) is -2.49. The highest BCUT2D eigenvalue weighted by atomic mass is 79.9. The number of anilines is 1. The Morgan fingerprint density at radius 1 is 1.11 bits per heavy atom. The Hall–Kier alpha value is -1.56. The largest absolute Gasteiger partial charge is 0.480 e. The number of hydrogen-bond acceptors (Lipinski definition) is 3. The van der Waals surface area contributed by atoms with Crippen LogP contribution in [0, 0.1) is 5.41 Å². The van der Waals surface area contributed by atoms with Crippen LogP contribution in [0.15, 0.2) is 28.7 Å². The first kappa shape index (κ1) is 13.9. The molecule has 1 aliphatic heterocycles. The number of piperidine rings is 1. The number of halogens is 1. The summed E-state index contributed by atoms with van der Waals surface area (Å²) in [5.41, 5.74) is -0.676. The van der Waals surface area contributed by atoms with Crippen LogP contribution in [-0.4, -0.2) is 35.2 Å². The van der Waals surface area contributed by atoms with Gasteiger partial charge in [0.15, 0.2) is 5.41 Å². The zero-order chi connectivity index (χ0) is 14.0. The number of nitrogens with zero attached hydrogens (tertiary/aromatic N) is 1. The number of para-hydroxylation sites is 1. The normalized spacial score (nSPS) is 18.1. The van der Waals surface area contributed by atoms with Crippen LogP contribution in [0.3, 0.4) is 0 Å². The minimum atomic E-state index is -1.64. The van der Waals surface area contributed by atoms with Crippen LogP contribution in [-0.2, 0) is 9.59 Å². The quantitative estimate of drug-likeness (QED) is 0.832. The van der Waals surface area contributed by atoms with Gasteiger partial charge in [0.25, 0.3) is 0 Å². The van der Waals surface area contributed by atoms with Gasteiger partial charge in [0.05, 0.1) is 5.69 Å². The van der Waals surface area contributed by atoms with E-state index in [-0.39, 0.29) is 12.8 Å². The highest BCUT2D eigenvalue weighted by Crippen LogP contribution is 2.36. The molecule has 2 N–H and O–H groups in total. The molecule has 0 unspecified atom stereocenters. The molecule has 0 amide bonds. The molecule has 0 bridgehead atoms. The number of aliphatic carboxylic acids is 2. The Labute approximate surface area is 119 Å². The summed E-state index contributed by atoms with van der Waals surface area (Å²) >= 11 is 3.44. The van der Waals surface area contributed by atoms with E-state index in [9.17, 15) is 9.59 Å². The smallest absolute Gasteiger partial charge is 0.321 e. The van der Waals surface area contributed by atoms with Crippen molar-refractivity contribution in [3.63, 3.8) is 0 Å². The van der Waals surface area contributed by atoms with E-state index in [0.717, 1.165) is 10.2 Å². The third-order valence-corrected chi connectivity index (χ3v) is 4.30. The standard InChI is InChI=1S/C13H14BrNO4/c14-9-3-1-2-4-10(9)15-7-5-13(6-8-15,11(16)17)12(18)19/h1-4H,5-8H2,(H,16,17)(H,18,19). The van der Waals surface area contributed by atoms with E-state index in [2.05, 4.69) is 15.9 Å². The van der Waals surface area contributed by atoms with Gasteiger partial charge in [-0.3, -0.25) is 9.59 Å². The lowest BCUT2D eigenvalue weighted by Crippen LogP contribution is -2.49. The zero-order valence-corrected chi connectivity index (χ0v) is 11.8. The Balaban J connectivity index is 2.17. The molecule has 1 aromatic rings. The maximum absolute atomic E-state index is 11.2. The van der Waals surface area contributed by atoms with Crippen molar-refractivity contribution >= 4 is 33.6 Å². The molecular formula is C13H14BrNO4. The molecule has 6 heteroatoms. The summed E-state index contributed by atoms with van der Waals surface area (Å²) in [4.78, 5) is 24.4. The summed E-state index contributed by atoms with van der Waals surface area (Å²) in [6, 6.07) is 7.64. The van der Waals surface area contributed by atoms with E-state index in [4.69, 9.17) is 10.2 Å². The van der Waals surface area contributed by atoms with E-state index in [1.54, 1.807) is 0 Å². The maximum Gasteiger partial charge on any atom is 0.321 e. The van der Waals surface area contributed by atoms with Gasteiger partial charge < -0.3 is 15.1 Å². The molecular weight excluding hydrogens is 314 g/mol. The minimum absolute atomic E-state index is 0.110. The maximum atomic E-state index is 11.2. The fourth-order valence-corrected chi connectivity index (χ4v) is 2.89. The molecule has 2 rings (SSSR count). The number of carbonyl (C=O) groups is 2. The Bertz CT molecular complexity index is 493. The number of benzene rings is 1. The van der Waals surface area contributed by atoms with E-state index in [1.807, 2.05) is 29.2 Å². The number of carboxylic acid groups (broad SMARTS) is 2. The summed E-state index contributed by atoms with van der Waals surface area (Å²) in [7, 11) is 0. The second kappa shape index (κ2) is 5.21. The van der Waals surface area contributed by atoms with Crippen molar-refractivity contribution in [2.45, 2.75) is 12.8 Å². The monoisotopic (exact) mass is 327 g/mol. The molecule has 0 spiro atoms. The van der Waals surface area contributed by atoms with Gasteiger partial charge in [-0.1, -0.05) is 12.1 Å². The molecule has 5 nitrogen and oxygen atoms in total. The van der Waals surface area contributed by atoms with Crippen molar-refractivity contribution < 1.29 is 19.8 Å². The van der Waals surface area contributed by atoms with Gasteiger partial charge in [0.1, 0.15) is 0 Å². The first-order chi connectivity index (χ1) is 8.97. The molecule has 1 aromatic carbocycles. The highest BCUT2D eigenvalue weighted by Gasteiger charge is 2.48. The van der Waals surface area contributed by atoms with Crippen LogP contribution in [0.5, 0.6) is 0 Å². The van der Waals surface area contributed by atoms with Crippen molar-refractivity contribution in [1.82, 2.24) is 0 Å². The van der Waals surface area contributed by atoms with Gasteiger partial charge >= 0.3 is 11.9 Å². The number of carboxylic acids is 2. The summed E-state index contributed by atoms with van der Waals surface area (Å²) in [5, 5.41) is 18.3. The van der Waals surface area contributed by atoms with Crippen molar-refractivity contribution in [3.8, 4) is 0 Å². The molecule has 0 aromatic heterocycles. The molecule has 19 heavy (non-hydrogen) atoms. The lowest BCUT2D eigenvalue weighted by Gasteiger charge is -2.37. The third kappa shape index (κ3) is 2.45. The van der Waals surface area contributed by atoms with Gasteiger partial charge in [0, 0.05) is 17.6 Å². The SMILES string of the molecule is O=C(O)C1(C(=O)O)CCN(c2ccccc2Br)CC1. The summed E-state index contributed by atoms with van der Waals surface area (Å²) < 4.78 is 0.924. The minimum Gasteiger partial charge on any atom is -0.480 e. The van der Waals surface area contributed by atoms with Gasteiger partial charge in [0.2, 0.25) is 0 Å². The fraction of sp³-hybridized carbons (Fsp3) is 0.385. The second-order valence-electron chi connectivity index (χ2n) is 4.63. The zero-order valence-electron chi connectivity index (χ0n) is 10.2. The van der Waals surface area contributed by atoms with Crippen LogP contribution in [0.1, 0.15) is 12.8 Å². The van der Waals surface area contributed by atoms with Crippen LogP contribution in [0.4, 0.5) is 5.69 Å².